The van der Waals surface area contributed by atoms with Crippen molar-refractivity contribution in [2.45, 2.75) is 43.8 Å². The van der Waals surface area contributed by atoms with E-state index in [1.54, 1.807) is 13.8 Å². The minimum Gasteiger partial charge on any atom is -0.427 e. The third kappa shape index (κ3) is 3.27. The molecular weight excluding hydrogens is 219 g/mol. The lowest BCUT2D eigenvalue weighted by atomic mass is 9.82. The summed E-state index contributed by atoms with van der Waals surface area (Å²) in [4.78, 5) is 0.911. The number of thiol groups is 1. The van der Waals surface area contributed by atoms with E-state index in [0.29, 0.717) is 7.48 Å². The summed E-state index contributed by atoms with van der Waals surface area (Å²) in [6.45, 7) is 7.27. The summed E-state index contributed by atoms with van der Waals surface area (Å²) in [5.41, 5.74) is -0.440. The van der Waals surface area contributed by atoms with E-state index in [-0.39, 0.29) is 0 Å². The average Bonchev–Trinajstić information content (AvgIpc) is 2.15. The highest BCUT2D eigenvalue weighted by Crippen LogP contribution is 2.24. The fourth-order valence-corrected chi connectivity index (χ4v) is 1.29. The predicted octanol–water partition coefficient (Wildman–Crippen LogP) is 1.52. The average molecular weight is 238 g/mol. The summed E-state index contributed by atoms with van der Waals surface area (Å²) in [6, 6.07) is 7.80. The van der Waals surface area contributed by atoms with Gasteiger partial charge in [-0.15, -0.1) is 12.6 Å². The lowest BCUT2D eigenvalue weighted by molar-refractivity contribution is -0.0893. The van der Waals surface area contributed by atoms with E-state index < -0.39 is 11.2 Å². The van der Waals surface area contributed by atoms with Crippen LogP contribution in [0.5, 0.6) is 0 Å². The van der Waals surface area contributed by atoms with Crippen molar-refractivity contribution in [3.63, 3.8) is 0 Å². The molecule has 1 rings (SSSR count). The van der Waals surface area contributed by atoms with Gasteiger partial charge in [0.2, 0.25) is 0 Å². The van der Waals surface area contributed by atoms with Crippen LogP contribution in [0.15, 0.2) is 29.2 Å². The molecule has 2 nitrogen and oxygen atoms in total. The van der Waals surface area contributed by atoms with E-state index in [1.807, 2.05) is 38.1 Å². The lowest BCUT2D eigenvalue weighted by Crippen LogP contribution is -2.49. The standard InChI is InChI=1S/C12H19BO2S/c1-11(2,14)12(3,4)15-13-9-7-5-6-8-10(9)16/h5-8,13-14,16H,1-4H3. The Labute approximate surface area is 104 Å². The van der Waals surface area contributed by atoms with Crippen molar-refractivity contribution in [3.8, 4) is 0 Å². The van der Waals surface area contributed by atoms with Gasteiger partial charge in [0.1, 0.15) is 0 Å². The van der Waals surface area contributed by atoms with Crippen LogP contribution in [-0.2, 0) is 4.65 Å². The molecule has 0 saturated carbocycles. The van der Waals surface area contributed by atoms with Crippen LogP contribution in [0.3, 0.4) is 0 Å². The maximum Gasteiger partial charge on any atom is 0.310 e. The summed E-state index contributed by atoms with van der Waals surface area (Å²) < 4.78 is 5.76. The van der Waals surface area contributed by atoms with E-state index >= 15 is 0 Å². The summed E-state index contributed by atoms with van der Waals surface area (Å²) in [7, 11) is 0.455. The van der Waals surface area contributed by atoms with Crippen LogP contribution in [0, 0.1) is 0 Å². The molecular formula is C12H19BO2S. The number of benzene rings is 1. The van der Waals surface area contributed by atoms with Crippen LogP contribution >= 0.6 is 12.6 Å². The van der Waals surface area contributed by atoms with Gasteiger partial charge in [-0.1, -0.05) is 18.2 Å². The first kappa shape index (κ1) is 13.6. The van der Waals surface area contributed by atoms with Crippen LogP contribution in [-0.4, -0.2) is 23.8 Å². The van der Waals surface area contributed by atoms with Gasteiger partial charge in [0.25, 0.3) is 0 Å². The van der Waals surface area contributed by atoms with Crippen LogP contribution in [0.25, 0.3) is 0 Å². The van der Waals surface area contributed by atoms with E-state index in [9.17, 15) is 5.11 Å². The van der Waals surface area contributed by atoms with Crippen LogP contribution < -0.4 is 5.46 Å². The highest BCUT2D eigenvalue weighted by molar-refractivity contribution is 7.80. The number of hydrogen-bond donors (Lipinski definition) is 2. The maximum absolute atomic E-state index is 9.95. The highest BCUT2D eigenvalue weighted by Gasteiger charge is 2.35. The molecule has 0 aliphatic rings. The van der Waals surface area contributed by atoms with E-state index in [4.69, 9.17) is 4.65 Å². The molecule has 0 amide bonds. The first-order valence-electron chi connectivity index (χ1n) is 5.37. The van der Waals surface area contributed by atoms with Crippen molar-refractivity contribution in [1.29, 1.82) is 0 Å². The third-order valence-corrected chi connectivity index (χ3v) is 3.49. The molecule has 0 heterocycles. The van der Waals surface area contributed by atoms with Crippen LogP contribution in [0.2, 0.25) is 0 Å². The van der Waals surface area contributed by atoms with Gasteiger partial charge in [-0.3, -0.25) is 0 Å². The molecule has 0 bridgehead atoms. The molecule has 0 spiro atoms. The second kappa shape index (κ2) is 4.82. The van der Waals surface area contributed by atoms with Crippen molar-refractivity contribution in [2.75, 3.05) is 0 Å². The molecule has 1 N–H and O–H groups in total. The molecule has 88 valence electrons. The molecule has 0 unspecified atom stereocenters. The molecule has 0 radical (unpaired) electrons. The fourth-order valence-electron chi connectivity index (χ4n) is 1.07. The summed E-state index contributed by atoms with van der Waals surface area (Å²) >= 11 is 4.36. The molecule has 0 aliphatic carbocycles. The zero-order valence-electron chi connectivity index (χ0n) is 10.3. The molecule has 4 heteroatoms. The van der Waals surface area contributed by atoms with Crippen LogP contribution in [0.4, 0.5) is 0 Å². The van der Waals surface area contributed by atoms with Crippen molar-refractivity contribution in [1.82, 2.24) is 0 Å². The topological polar surface area (TPSA) is 29.5 Å². The fraction of sp³-hybridized carbons (Fsp3) is 0.500. The Hall–Kier alpha value is -0.445. The van der Waals surface area contributed by atoms with Crippen molar-refractivity contribution in [3.05, 3.63) is 24.3 Å². The lowest BCUT2D eigenvalue weighted by Gasteiger charge is -2.37. The van der Waals surface area contributed by atoms with Gasteiger partial charge in [-0.05, 0) is 39.2 Å². The molecule has 0 saturated heterocycles. The molecule has 0 atom stereocenters. The Balaban J connectivity index is 2.69. The zero-order valence-corrected chi connectivity index (χ0v) is 11.2. The van der Waals surface area contributed by atoms with E-state index in [0.717, 1.165) is 10.4 Å². The Kier molecular flexibility index (Phi) is 4.10. The molecule has 16 heavy (non-hydrogen) atoms. The van der Waals surface area contributed by atoms with Gasteiger partial charge in [0.15, 0.2) is 0 Å². The summed E-state index contributed by atoms with van der Waals surface area (Å²) in [5.74, 6) is 0. The summed E-state index contributed by atoms with van der Waals surface area (Å²) in [5, 5.41) is 9.95. The number of hydrogen-bond acceptors (Lipinski definition) is 3. The first-order valence-corrected chi connectivity index (χ1v) is 5.82. The van der Waals surface area contributed by atoms with Gasteiger partial charge in [-0.25, -0.2) is 0 Å². The Bertz CT molecular complexity index is 358. The van der Waals surface area contributed by atoms with Crippen molar-refractivity contribution >= 4 is 25.6 Å². The van der Waals surface area contributed by atoms with Gasteiger partial charge < -0.3 is 9.76 Å². The quantitative estimate of drug-likeness (QED) is 0.615. The number of aliphatic hydroxyl groups is 1. The van der Waals surface area contributed by atoms with E-state index in [2.05, 4.69) is 12.6 Å². The zero-order chi connectivity index (χ0) is 12.4. The highest BCUT2D eigenvalue weighted by atomic mass is 32.1. The normalized spacial score (nSPS) is 12.6. The van der Waals surface area contributed by atoms with Crippen LogP contribution in [0.1, 0.15) is 27.7 Å². The molecule has 0 aliphatic heterocycles. The van der Waals surface area contributed by atoms with E-state index in [1.165, 1.54) is 0 Å². The molecule has 1 aromatic carbocycles. The monoisotopic (exact) mass is 238 g/mol. The second-order valence-electron chi connectivity index (χ2n) is 4.99. The number of rotatable bonds is 4. The summed E-state index contributed by atoms with van der Waals surface area (Å²) in [6.07, 6.45) is 0. The SMILES string of the molecule is CC(C)(O)C(C)(C)OBc1ccccc1S. The predicted molar refractivity (Wildman–Crippen MR) is 71.9 cm³/mol. The minimum atomic E-state index is -0.876. The molecule has 0 fully saturated rings. The Morgan fingerprint density at radius 2 is 1.75 bits per heavy atom. The maximum atomic E-state index is 9.95. The molecule has 1 aromatic rings. The van der Waals surface area contributed by atoms with Crippen molar-refractivity contribution in [2.24, 2.45) is 0 Å². The molecule has 0 aromatic heterocycles. The first-order chi connectivity index (χ1) is 7.24. The second-order valence-corrected chi connectivity index (χ2v) is 5.47. The Morgan fingerprint density at radius 1 is 1.19 bits per heavy atom. The van der Waals surface area contributed by atoms with Crippen molar-refractivity contribution < 1.29 is 9.76 Å². The van der Waals surface area contributed by atoms with Gasteiger partial charge in [-0.2, -0.15) is 0 Å². The smallest absolute Gasteiger partial charge is 0.310 e. The minimum absolute atomic E-state index is 0.455. The van der Waals surface area contributed by atoms with Gasteiger partial charge >= 0.3 is 7.48 Å². The van der Waals surface area contributed by atoms with Gasteiger partial charge in [0.05, 0.1) is 11.2 Å². The Morgan fingerprint density at radius 3 is 2.25 bits per heavy atom. The largest absolute Gasteiger partial charge is 0.427 e. The third-order valence-electron chi connectivity index (χ3n) is 3.05. The van der Waals surface area contributed by atoms with Gasteiger partial charge in [0, 0.05) is 4.90 Å².